The third-order valence-corrected chi connectivity index (χ3v) is 4.00. The molecule has 0 spiro atoms. The van der Waals surface area contributed by atoms with Crippen LogP contribution >= 0.6 is 34.2 Å². The van der Waals surface area contributed by atoms with Gasteiger partial charge in [-0.15, -0.1) is 11.6 Å². The van der Waals surface area contributed by atoms with E-state index in [-0.39, 0.29) is 5.38 Å². The van der Waals surface area contributed by atoms with Crippen molar-refractivity contribution in [2.24, 2.45) is 0 Å². The molecular weight excluding hydrogens is 343 g/mol. The van der Waals surface area contributed by atoms with Crippen molar-refractivity contribution in [2.75, 3.05) is 0 Å². The van der Waals surface area contributed by atoms with Crippen LogP contribution in [0.2, 0.25) is 0 Å². The van der Waals surface area contributed by atoms with E-state index in [1.54, 1.807) is 0 Å². The molecule has 0 saturated carbocycles. The number of benzene rings is 2. The van der Waals surface area contributed by atoms with Gasteiger partial charge < -0.3 is 0 Å². The fourth-order valence-corrected chi connectivity index (χ4v) is 2.63. The minimum absolute atomic E-state index is 0.0596. The second-order valence-electron chi connectivity index (χ2n) is 4.01. The number of hydrogen-bond donors (Lipinski definition) is 0. The number of hydrogen-bond acceptors (Lipinski definition) is 0. The summed E-state index contributed by atoms with van der Waals surface area (Å²) in [6.45, 7) is 2.16. The Morgan fingerprint density at radius 1 is 1.06 bits per heavy atom. The first-order valence-corrected chi connectivity index (χ1v) is 7.20. The van der Waals surface area contributed by atoms with Gasteiger partial charge in [-0.25, -0.2) is 0 Å². The molecule has 0 N–H and O–H groups in total. The average Bonchev–Trinajstić information content (AvgIpc) is 2.38. The Bertz CT molecular complexity index is 491. The lowest BCUT2D eigenvalue weighted by molar-refractivity contribution is 1.10. The summed E-state index contributed by atoms with van der Waals surface area (Å²) >= 11 is 8.81. The van der Waals surface area contributed by atoms with Crippen molar-refractivity contribution in [1.29, 1.82) is 0 Å². The summed E-state index contributed by atoms with van der Waals surface area (Å²) in [6.07, 6.45) is 1.07. The molecular formula is C15H14ClI. The molecule has 2 heteroatoms. The van der Waals surface area contributed by atoms with E-state index in [0.717, 1.165) is 17.5 Å². The van der Waals surface area contributed by atoms with Crippen molar-refractivity contribution in [3.8, 4) is 0 Å². The molecule has 0 bridgehead atoms. The zero-order valence-corrected chi connectivity index (χ0v) is 12.6. The van der Waals surface area contributed by atoms with Gasteiger partial charge in [0.05, 0.1) is 5.38 Å². The highest BCUT2D eigenvalue weighted by atomic mass is 127. The maximum atomic E-state index is 6.50. The van der Waals surface area contributed by atoms with Gasteiger partial charge in [-0.1, -0.05) is 43.3 Å². The topological polar surface area (TPSA) is 0 Å². The molecule has 0 heterocycles. The van der Waals surface area contributed by atoms with E-state index in [4.69, 9.17) is 11.6 Å². The highest BCUT2D eigenvalue weighted by molar-refractivity contribution is 14.1. The first-order chi connectivity index (χ1) is 8.20. The van der Waals surface area contributed by atoms with Crippen molar-refractivity contribution in [1.82, 2.24) is 0 Å². The Balaban J connectivity index is 2.27. The van der Waals surface area contributed by atoms with Crippen LogP contribution in [0.25, 0.3) is 0 Å². The van der Waals surface area contributed by atoms with Crippen LogP contribution < -0.4 is 0 Å². The Hall–Kier alpha value is -0.540. The van der Waals surface area contributed by atoms with Crippen LogP contribution in [0.4, 0.5) is 0 Å². The molecule has 0 aliphatic rings. The number of halogens is 2. The molecule has 2 aromatic carbocycles. The summed E-state index contributed by atoms with van der Waals surface area (Å²) in [6, 6.07) is 16.9. The van der Waals surface area contributed by atoms with Gasteiger partial charge in [0.2, 0.25) is 0 Å². The van der Waals surface area contributed by atoms with Gasteiger partial charge in [-0.2, -0.15) is 0 Å². The van der Waals surface area contributed by atoms with Crippen LogP contribution in [-0.2, 0) is 6.42 Å². The van der Waals surface area contributed by atoms with Gasteiger partial charge >= 0.3 is 0 Å². The summed E-state index contributed by atoms with van der Waals surface area (Å²) < 4.78 is 1.22. The van der Waals surface area contributed by atoms with Crippen LogP contribution in [0.5, 0.6) is 0 Å². The predicted octanol–water partition coefficient (Wildman–Crippen LogP) is 5.18. The Morgan fingerprint density at radius 3 is 2.35 bits per heavy atom. The van der Waals surface area contributed by atoms with Crippen LogP contribution in [-0.4, -0.2) is 0 Å². The quantitative estimate of drug-likeness (QED) is 0.525. The first kappa shape index (κ1) is 12.9. The fourth-order valence-electron chi connectivity index (χ4n) is 1.78. The summed E-state index contributed by atoms with van der Waals surface area (Å²) in [5.41, 5.74) is 3.66. The first-order valence-electron chi connectivity index (χ1n) is 5.69. The lowest BCUT2D eigenvalue weighted by Gasteiger charge is -2.11. The summed E-state index contributed by atoms with van der Waals surface area (Å²) in [4.78, 5) is 0. The van der Waals surface area contributed by atoms with Crippen molar-refractivity contribution in [3.63, 3.8) is 0 Å². The van der Waals surface area contributed by atoms with E-state index in [0.29, 0.717) is 0 Å². The van der Waals surface area contributed by atoms with Gasteiger partial charge in [0.15, 0.2) is 0 Å². The Morgan fingerprint density at radius 2 is 1.76 bits per heavy atom. The molecule has 0 aliphatic carbocycles. The van der Waals surface area contributed by atoms with E-state index >= 15 is 0 Å². The second-order valence-corrected chi connectivity index (χ2v) is 5.69. The summed E-state index contributed by atoms with van der Waals surface area (Å²) in [5, 5.41) is -0.0596. The molecule has 1 unspecified atom stereocenters. The van der Waals surface area contributed by atoms with Gasteiger partial charge in [0.25, 0.3) is 0 Å². The molecule has 17 heavy (non-hydrogen) atoms. The lowest BCUT2D eigenvalue weighted by atomic mass is 10.0. The minimum atomic E-state index is -0.0596. The van der Waals surface area contributed by atoms with Crippen molar-refractivity contribution in [3.05, 3.63) is 68.8 Å². The second kappa shape index (κ2) is 5.87. The van der Waals surface area contributed by atoms with Crippen LogP contribution in [0, 0.1) is 3.57 Å². The molecule has 0 aliphatic heterocycles. The molecule has 0 saturated heterocycles. The lowest BCUT2D eigenvalue weighted by Crippen LogP contribution is -1.94. The SMILES string of the molecule is CCc1ccc(C(Cl)c2cccc(I)c2)cc1. The van der Waals surface area contributed by atoms with Crippen molar-refractivity contribution >= 4 is 34.2 Å². The van der Waals surface area contributed by atoms with E-state index < -0.39 is 0 Å². The molecule has 0 fully saturated rings. The zero-order valence-electron chi connectivity index (χ0n) is 9.66. The van der Waals surface area contributed by atoms with Gasteiger partial charge in [-0.05, 0) is 57.8 Å². The van der Waals surface area contributed by atoms with Gasteiger partial charge in [-0.3, -0.25) is 0 Å². The Kier molecular flexibility index (Phi) is 4.46. The maximum Gasteiger partial charge on any atom is 0.0835 e. The smallest absolute Gasteiger partial charge is 0.0835 e. The monoisotopic (exact) mass is 356 g/mol. The number of alkyl halides is 1. The molecule has 0 nitrogen and oxygen atoms in total. The molecule has 1 atom stereocenters. The summed E-state index contributed by atoms with van der Waals surface area (Å²) in [7, 11) is 0. The third kappa shape index (κ3) is 3.23. The van der Waals surface area contributed by atoms with Crippen molar-refractivity contribution < 1.29 is 0 Å². The highest BCUT2D eigenvalue weighted by Gasteiger charge is 2.10. The van der Waals surface area contributed by atoms with E-state index in [1.165, 1.54) is 9.13 Å². The Labute approximate surface area is 121 Å². The molecule has 2 aromatic rings. The van der Waals surface area contributed by atoms with E-state index in [2.05, 4.69) is 72.0 Å². The predicted molar refractivity (Wildman–Crippen MR) is 82.7 cm³/mol. The molecule has 2 rings (SSSR count). The normalized spacial score (nSPS) is 12.4. The number of aryl methyl sites for hydroxylation is 1. The fraction of sp³-hybridized carbons (Fsp3) is 0.200. The zero-order chi connectivity index (χ0) is 12.3. The maximum absolute atomic E-state index is 6.50. The van der Waals surface area contributed by atoms with Crippen LogP contribution in [0.3, 0.4) is 0 Å². The van der Waals surface area contributed by atoms with Crippen molar-refractivity contribution in [2.45, 2.75) is 18.7 Å². The van der Waals surface area contributed by atoms with E-state index in [9.17, 15) is 0 Å². The third-order valence-electron chi connectivity index (χ3n) is 2.82. The highest BCUT2D eigenvalue weighted by Crippen LogP contribution is 2.29. The molecule has 0 aromatic heterocycles. The molecule has 88 valence electrons. The van der Waals surface area contributed by atoms with E-state index in [1.807, 2.05) is 6.07 Å². The van der Waals surface area contributed by atoms with Gasteiger partial charge in [0, 0.05) is 3.57 Å². The standard InChI is InChI=1S/C15H14ClI/c1-2-11-6-8-12(9-7-11)15(16)13-4-3-5-14(17)10-13/h3-10,15H,2H2,1H3. The molecule has 0 amide bonds. The molecule has 0 radical (unpaired) electrons. The van der Waals surface area contributed by atoms with Crippen LogP contribution in [0.15, 0.2) is 48.5 Å². The summed E-state index contributed by atoms with van der Waals surface area (Å²) in [5.74, 6) is 0. The van der Waals surface area contributed by atoms with Gasteiger partial charge in [0.1, 0.15) is 0 Å². The average molecular weight is 357 g/mol. The number of rotatable bonds is 3. The largest absolute Gasteiger partial charge is 0.113 e. The van der Waals surface area contributed by atoms with Crippen LogP contribution in [0.1, 0.15) is 29.0 Å². The minimum Gasteiger partial charge on any atom is -0.113 e.